The molecule has 110 valence electrons. The Labute approximate surface area is 119 Å². The van der Waals surface area contributed by atoms with Crippen molar-refractivity contribution in [2.75, 3.05) is 6.61 Å². The second-order valence-electron chi connectivity index (χ2n) is 4.09. The van der Waals surface area contributed by atoms with Gasteiger partial charge in [-0.15, -0.1) is 0 Å². The van der Waals surface area contributed by atoms with E-state index in [4.69, 9.17) is 14.3 Å². The highest BCUT2D eigenvalue weighted by atomic mass is 19.1. The van der Waals surface area contributed by atoms with Crippen molar-refractivity contribution in [2.24, 2.45) is 0 Å². The molecule has 1 aromatic heterocycles. The van der Waals surface area contributed by atoms with E-state index in [1.54, 1.807) is 12.1 Å². The molecule has 0 saturated carbocycles. The number of hydrogen-bond donors (Lipinski definition) is 2. The van der Waals surface area contributed by atoms with Crippen LogP contribution in [-0.2, 0) is 11.3 Å². The van der Waals surface area contributed by atoms with E-state index in [-0.39, 0.29) is 24.5 Å². The molecule has 0 aliphatic rings. The van der Waals surface area contributed by atoms with Crippen LogP contribution in [0.2, 0.25) is 0 Å². The van der Waals surface area contributed by atoms with E-state index in [1.165, 1.54) is 12.3 Å². The number of halogens is 1. The summed E-state index contributed by atoms with van der Waals surface area (Å²) in [5, 5.41) is 11.5. The van der Waals surface area contributed by atoms with Gasteiger partial charge in [0.05, 0.1) is 12.8 Å². The van der Waals surface area contributed by atoms with Crippen molar-refractivity contribution in [1.29, 1.82) is 0 Å². The molecule has 0 bridgehead atoms. The van der Waals surface area contributed by atoms with E-state index < -0.39 is 17.7 Å². The van der Waals surface area contributed by atoms with Crippen molar-refractivity contribution >= 4 is 11.9 Å². The molecule has 2 aromatic rings. The van der Waals surface area contributed by atoms with Crippen molar-refractivity contribution < 1.29 is 28.2 Å². The molecule has 0 radical (unpaired) electrons. The summed E-state index contributed by atoms with van der Waals surface area (Å²) in [6.45, 7) is -0.184. The van der Waals surface area contributed by atoms with E-state index in [2.05, 4.69) is 5.32 Å². The summed E-state index contributed by atoms with van der Waals surface area (Å²) in [4.78, 5) is 22.5. The van der Waals surface area contributed by atoms with Crippen LogP contribution in [0.25, 0.3) is 0 Å². The highest BCUT2D eigenvalue weighted by Crippen LogP contribution is 2.19. The Kier molecular flexibility index (Phi) is 4.55. The van der Waals surface area contributed by atoms with E-state index in [0.717, 1.165) is 12.1 Å². The van der Waals surface area contributed by atoms with E-state index in [1.807, 2.05) is 0 Å². The van der Waals surface area contributed by atoms with Gasteiger partial charge in [0.1, 0.15) is 22.9 Å². The zero-order chi connectivity index (χ0) is 15.2. The Hall–Kier alpha value is -2.83. The summed E-state index contributed by atoms with van der Waals surface area (Å²) >= 11 is 0. The van der Waals surface area contributed by atoms with Crippen LogP contribution in [0.5, 0.6) is 5.75 Å². The first-order valence-electron chi connectivity index (χ1n) is 6.01. The standard InChI is InChI=1S/C14H12FNO5/c15-9-3-4-12(11(6-9)14(18)19)21-8-13(17)16-7-10-2-1-5-20-10/h1-6H,7-8H2,(H,16,17)(H,18,19). The first kappa shape index (κ1) is 14.6. The summed E-state index contributed by atoms with van der Waals surface area (Å²) in [5.74, 6) is -1.97. The summed E-state index contributed by atoms with van der Waals surface area (Å²) in [6.07, 6.45) is 1.48. The van der Waals surface area contributed by atoms with Crippen LogP contribution in [0.4, 0.5) is 4.39 Å². The van der Waals surface area contributed by atoms with Gasteiger partial charge in [0.25, 0.3) is 5.91 Å². The monoisotopic (exact) mass is 293 g/mol. The van der Waals surface area contributed by atoms with Crippen molar-refractivity contribution in [1.82, 2.24) is 5.32 Å². The maximum Gasteiger partial charge on any atom is 0.339 e. The lowest BCUT2D eigenvalue weighted by molar-refractivity contribution is -0.123. The van der Waals surface area contributed by atoms with Crippen molar-refractivity contribution in [2.45, 2.75) is 6.54 Å². The van der Waals surface area contributed by atoms with Gasteiger partial charge in [-0.3, -0.25) is 4.79 Å². The molecule has 1 amide bonds. The van der Waals surface area contributed by atoms with Crippen LogP contribution < -0.4 is 10.1 Å². The van der Waals surface area contributed by atoms with Gasteiger partial charge >= 0.3 is 5.97 Å². The maximum absolute atomic E-state index is 13.0. The Balaban J connectivity index is 1.90. The van der Waals surface area contributed by atoms with Crippen LogP contribution >= 0.6 is 0 Å². The Morgan fingerprint density at radius 3 is 2.81 bits per heavy atom. The number of benzene rings is 1. The highest BCUT2D eigenvalue weighted by molar-refractivity contribution is 5.91. The molecule has 0 saturated heterocycles. The number of rotatable bonds is 6. The largest absolute Gasteiger partial charge is 0.483 e. The van der Waals surface area contributed by atoms with E-state index in [9.17, 15) is 14.0 Å². The number of carboxylic acid groups (broad SMARTS) is 1. The average Bonchev–Trinajstić information content (AvgIpc) is 2.97. The minimum absolute atomic E-state index is 0.0722. The molecule has 0 atom stereocenters. The third-order valence-electron chi connectivity index (χ3n) is 2.57. The third kappa shape index (κ3) is 4.07. The Bertz CT molecular complexity index is 639. The molecule has 0 spiro atoms. The lowest BCUT2D eigenvalue weighted by Crippen LogP contribution is -2.28. The second-order valence-corrected chi connectivity index (χ2v) is 4.09. The van der Waals surface area contributed by atoms with Gasteiger partial charge in [0, 0.05) is 0 Å². The fourth-order valence-electron chi connectivity index (χ4n) is 1.59. The molecule has 2 N–H and O–H groups in total. The van der Waals surface area contributed by atoms with Crippen LogP contribution in [0.1, 0.15) is 16.1 Å². The SMILES string of the molecule is O=C(COc1ccc(F)cc1C(=O)O)NCc1ccco1. The van der Waals surface area contributed by atoms with Gasteiger partial charge < -0.3 is 19.6 Å². The number of hydrogen-bond acceptors (Lipinski definition) is 4. The molecule has 7 heteroatoms. The van der Waals surface area contributed by atoms with Crippen LogP contribution in [0, 0.1) is 5.82 Å². The van der Waals surface area contributed by atoms with Gasteiger partial charge in [0.2, 0.25) is 0 Å². The molecule has 1 heterocycles. The van der Waals surface area contributed by atoms with E-state index in [0.29, 0.717) is 5.76 Å². The van der Waals surface area contributed by atoms with Crippen LogP contribution in [0.3, 0.4) is 0 Å². The zero-order valence-electron chi connectivity index (χ0n) is 10.8. The number of carbonyl (C=O) groups is 2. The third-order valence-corrected chi connectivity index (χ3v) is 2.57. The van der Waals surface area contributed by atoms with Crippen molar-refractivity contribution in [3.05, 3.63) is 53.7 Å². The minimum Gasteiger partial charge on any atom is -0.483 e. The molecule has 6 nitrogen and oxygen atoms in total. The first-order valence-corrected chi connectivity index (χ1v) is 6.01. The summed E-state index contributed by atoms with van der Waals surface area (Å²) in [5.41, 5.74) is -0.339. The number of carbonyl (C=O) groups excluding carboxylic acids is 1. The van der Waals surface area contributed by atoms with Crippen LogP contribution in [-0.4, -0.2) is 23.6 Å². The molecule has 21 heavy (non-hydrogen) atoms. The van der Waals surface area contributed by atoms with Crippen LogP contribution in [0.15, 0.2) is 41.0 Å². The van der Waals surface area contributed by atoms with Gasteiger partial charge in [-0.1, -0.05) is 0 Å². The van der Waals surface area contributed by atoms with Gasteiger partial charge in [-0.25, -0.2) is 9.18 Å². The fourth-order valence-corrected chi connectivity index (χ4v) is 1.59. The molecular formula is C14H12FNO5. The first-order chi connectivity index (χ1) is 10.1. The van der Waals surface area contributed by atoms with Gasteiger partial charge in [-0.2, -0.15) is 0 Å². The Morgan fingerprint density at radius 1 is 1.33 bits per heavy atom. The molecular weight excluding hydrogens is 281 g/mol. The summed E-state index contributed by atoms with van der Waals surface area (Å²) in [6, 6.07) is 6.44. The lowest BCUT2D eigenvalue weighted by atomic mass is 10.2. The molecule has 1 aromatic carbocycles. The molecule has 0 aliphatic carbocycles. The van der Waals surface area contributed by atoms with E-state index >= 15 is 0 Å². The molecule has 0 fully saturated rings. The smallest absolute Gasteiger partial charge is 0.339 e. The normalized spacial score (nSPS) is 10.1. The van der Waals surface area contributed by atoms with Crippen molar-refractivity contribution in [3.8, 4) is 5.75 Å². The topological polar surface area (TPSA) is 88.8 Å². The number of ether oxygens (including phenoxy) is 1. The molecule has 0 aliphatic heterocycles. The summed E-state index contributed by atoms with van der Waals surface area (Å²) < 4.78 is 23.1. The van der Waals surface area contributed by atoms with Gasteiger partial charge in [-0.05, 0) is 30.3 Å². The maximum atomic E-state index is 13.0. The predicted octanol–water partition coefficient (Wildman–Crippen LogP) is 1.81. The number of amides is 1. The molecule has 2 rings (SSSR count). The van der Waals surface area contributed by atoms with Crippen molar-refractivity contribution in [3.63, 3.8) is 0 Å². The quantitative estimate of drug-likeness (QED) is 0.848. The zero-order valence-corrected chi connectivity index (χ0v) is 10.8. The highest BCUT2D eigenvalue weighted by Gasteiger charge is 2.14. The number of nitrogens with one attached hydrogen (secondary N) is 1. The number of furan rings is 1. The second kappa shape index (κ2) is 6.56. The predicted molar refractivity (Wildman–Crippen MR) is 69.4 cm³/mol. The van der Waals surface area contributed by atoms with Gasteiger partial charge in [0.15, 0.2) is 6.61 Å². The Morgan fingerprint density at radius 2 is 2.14 bits per heavy atom. The summed E-state index contributed by atoms with van der Waals surface area (Å²) in [7, 11) is 0. The average molecular weight is 293 g/mol. The number of carboxylic acids is 1. The fraction of sp³-hybridized carbons (Fsp3) is 0.143. The lowest BCUT2D eigenvalue weighted by Gasteiger charge is -2.09. The molecule has 0 unspecified atom stereocenters. The number of aromatic carboxylic acids is 1. The minimum atomic E-state index is -1.33.